The van der Waals surface area contributed by atoms with Gasteiger partial charge in [-0.2, -0.15) is 5.10 Å². The van der Waals surface area contributed by atoms with Crippen molar-refractivity contribution in [2.75, 3.05) is 6.54 Å². The number of nitrogens with zero attached hydrogens (tertiary/aromatic N) is 4. The molecule has 0 aromatic carbocycles. The Labute approximate surface area is 113 Å². The Hall–Kier alpha value is -1.62. The highest BCUT2D eigenvalue weighted by molar-refractivity contribution is 5.57. The van der Waals surface area contributed by atoms with E-state index in [1.807, 2.05) is 23.4 Å². The highest BCUT2D eigenvalue weighted by Gasteiger charge is 2.42. The largest absolute Gasteiger partial charge is 0.328 e. The SMILES string of the molecule is CCn1cc(-c2cncn2C(C)(CN)C2CC2)cn1. The Morgan fingerprint density at radius 1 is 1.42 bits per heavy atom. The van der Waals surface area contributed by atoms with Crippen molar-refractivity contribution < 1.29 is 0 Å². The van der Waals surface area contributed by atoms with Crippen molar-refractivity contribution in [1.82, 2.24) is 19.3 Å². The van der Waals surface area contributed by atoms with Crippen molar-refractivity contribution in [2.45, 2.75) is 38.8 Å². The molecular weight excluding hydrogens is 238 g/mol. The Morgan fingerprint density at radius 3 is 2.79 bits per heavy atom. The van der Waals surface area contributed by atoms with Gasteiger partial charge >= 0.3 is 0 Å². The van der Waals surface area contributed by atoms with E-state index in [2.05, 4.69) is 34.7 Å². The number of aryl methyl sites for hydroxylation is 1. The second-order valence-electron chi connectivity index (χ2n) is 5.57. The smallest absolute Gasteiger partial charge is 0.0956 e. The number of hydrogen-bond donors (Lipinski definition) is 1. The van der Waals surface area contributed by atoms with Crippen LogP contribution in [0.3, 0.4) is 0 Å². The van der Waals surface area contributed by atoms with E-state index in [4.69, 9.17) is 5.73 Å². The van der Waals surface area contributed by atoms with Crippen LogP contribution < -0.4 is 5.73 Å². The van der Waals surface area contributed by atoms with Crippen LogP contribution in [0.4, 0.5) is 0 Å². The summed E-state index contributed by atoms with van der Waals surface area (Å²) in [5, 5.41) is 4.34. The van der Waals surface area contributed by atoms with Gasteiger partial charge in [-0.25, -0.2) is 4.98 Å². The van der Waals surface area contributed by atoms with Gasteiger partial charge in [0.1, 0.15) is 0 Å². The normalized spacial score (nSPS) is 18.5. The van der Waals surface area contributed by atoms with Gasteiger partial charge in [-0.05, 0) is 32.6 Å². The third-order valence-corrected chi connectivity index (χ3v) is 4.31. The van der Waals surface area contributed by atoms with Crippen LogP contribution in [0.15, 0.2) is 24.9 Å². The van der Waals surface area contributed by atoms with E-state index >= 15 is 0 Å². The third kappa shape index (κ3) is 1.98. The molecule has 102 valence electrons. The van der Waals surface area contributed by atoms with Crippen molar-refractivity contribution in [3.63, 3.8) is 0 Å². The van der Waals surface area contributed by atoms with E-state index in [1.54, 1.807) is 0 Å². The standard InChI is InChI=1S/C14H21N5/c1-3-18-8-11(6-17-18)13-7-16-10-19(13)14(2,9-15)12-4-5-12/h6-8,10,12H,3-5,9,15H2,1-2H3. The minimum atomic E-state index is -0.0276. The lowest BCUT2D eigenvalue weighted by Gasteiger charge is -2.31. The topological polar surface area (TPSA) is 61.7 Å². The minimum absolute atomic E-state index is 0.0276. The molecule has 1 atom stereocenters. The Bertz CT molecular complexity index is 566. The molecule has 1 aliphatic carbocycles. The van der Waals surface area contributed by atoms with Crippen molar-refractivity contribution in [2.24, 2.45) is 11.7 Å². The monoisotopic (exact) mass is 259 g/mol. The van der Waals surface area contributed by atoms with Crippen LogP contribution in [0.1, 0.15) is 26.7 Å². The molecule has 3 rings (SSSR count). The molecule has 1 saturated carbocycles. The molecule has 5 nitrogen and oxygen atoms in total. The Balaban J connectivity index is 2.02. The molecule has 0 aliphatic heterocycles. The molecule has 1 unspecified atom stereocenters. The van der Waals surface area contributed by atoms with Gasteiger partial charge in [-0.15, -0.1) is 0 Å². The summed E-state index contributed by atoms with van der Waals surface area (Å²) < 4.78 is 4.17. The number of imidazole rings is 1. The first-order valence-electron chi connectivity index (χ1n) is 6.94. The van der Waals surface area contributed by atoms with E-state index in [0.717, 1.165) is 17.8 Å². The molecule has 2 N–H and O–H groups in total. The number of aromatic nitrogens is 4. The molecule has 1 aliphatic rings. The number of hydrogen-bond acceptors (Lipinski definition) is 3. The van der Waals surface area contributed by atoms with Crippen molar-refractivity contribution >= 4 is 0 Å². The molecule has 19 heavy (non-hydrogen) atoms. The summed E-state index contributed by atoms with van der Waals surface area (Å²) in [6.45, 7) is 5.84. The van der Waals surface area contributed by atoms with Gasteiger partial charge in [-0.3, -0.25) is 4.68 Å². The summed E-state index contributed by atoms with van der Waals surface area (Å²) in [6.07, 6.45) is 10.3. The summed E-state index contributed by atoms with van der Waals surface area (Å²) in [5.74, 6) is 0.673. The predicted molar refractivity (Wildman–Crippen MR) is 74.5 cm³/mol. The first kappa shape index (κ1) is 12.4. The second-order valence-corrected chi connectivity index (χ2v) is 5.57. The highest BCUT2D eigenvalue weighted by atomic mass is 15.3. The maximum Gasteiger partial charge on any atom is 0.0956 e. The van der Waals surface area contributed by atoms with E-state index in [9.17, 15) is 0 Å². The van der Waals surface area contributed by atoms with Gasteiger partial charge in [0.25, 0.3) is 0 Å². The quantitative estimate of drug-likeness (QED) is 0.891. The lowest BCUT2D eigenvalue weighted by molar-refractivity contribution is 0.284. The fourth-order valence-corrected chi connectivity index (χ4v) is 2.75. The minimum Gasteiger partial charge on any atom is -0.328 e. The zero-order valence-corrected chi connectivity index (χ0v) is 11.6. The maximum atomic E-state index is 6.05. The Morgan fingerprint density at radius 2 is 2.21 bits per heavy atom. The predicted octanol–water partition coefficient (Wildman–Crippen LogP) is 1.85. The average molecular weight is 259 g/mol. The van der Waals surface area contributed by atoms with Crippen molar-refractivity contribution in [1.29, 1.82) is 0 Å². The first-order chi connectivity index (χ1) is 9.19. The molecule has 2 aromatic heterocycles. The lowest BCUT2D eigenvalue weighted by Crippen LogP contribution is -2.40. The van der Waals surface area contributed by atoms with E-state index < -0.39 is 0 Å². The van der Waals surface area contributed by atoms with Gasteiger partial charge in [0, 0.05) is 24.8 Å². The molecule has 0 bridgehead atoms. The summed E-state index contributed by atoms with van der Waals surface area (Å²) in [6, 6.07) is 0. The zero-order valence-electron chi connectivity index (χ0n) is 11.6. The molecule has 0 spiro atoms. The van der Waals surface area contributed by atoms with Gasteiger partial charge in [0.15, 0.2) is 0 Å². The molecule has 0 radical (unpaired) electrons. The second kappa shape index (κ2) is 4.49. The van der Waals surface area contributed by atoms with E-state index in [0.29, 0.717) is 12.5 Å². The van der Waals surface area contributed by atoms with Crippen LogP contribution in [0.5, 0.6) is 0 Å². The summed E-state index contributed by atoms with van der Waals surface area (Å²) in [7, 11) is 0. The van der Waals surface area contributed by atoms with Crippen molar-refractivity contribution in [3.8, 4) is 11.3 Å². The molecule has 1 fully saturated rings. The Kier molecular flexibility index (Phi) is 2.93. The van der Waals surface area contributed by atoms with Gasteiger partial charge < -0.3 is 10.3 Å². The third-order valence-electron chi connectivity index (χ3n) is 4.31. The van der Waals surface area contributed by atoms with Crippen LogP contribution in [0.2, 0.25) is 0 Å². The molecule has 2 heterocycles. The van der Waals surface area contributed by atoms with E-state index in [1.165, 1.54) is 12.8 Å². The van der Waals surface area contributed by atoms with Crippen molar-refractivity contribution in [3.05, 3.63) is 24.9 Å². The highest BCUT2D eigenvalue weighted by Crippen LogP contribution is 2.45. The van der Waals surface area contributed by atoms with Crippen LogP contribution in [-0.2, 0) is 12.1 Å². The van der Waals surface area contributed by atoms with Crippen LogP contribution in [0, 0.1) is 5.92 Å². The average Bonchev–Trinajstić information content (AvgIpc) is 3.00. The molecule has 2 aromatic rings. The fourth-order valence-electron chi connectivity index (χ4n) is 2.75. The molecule has 5 heteroatoms. The van der Waals surface area contributed by atoms with Crippen LogP contribution in [-0.4, -0.2) is 25.9 Å². The van der Waals surface area contributed by atoms with Crippen LogP contribution >= 0.6 is 0 Å². The summed E-state index contributed by atoms with van der Waals surface area (Å²) in [4.78, 5) is 4.33. The number of nitrogens with two attached hydrogens (primary N) is 1. The van der Waals surface area contributed by atoms with Crippen LogP contribution in [0.25, 0.3) is 11.3 Å². The van der Waals surface area contributed by atoms with E-state index in [-0.39, 0.29) is 5.54 Å². The summed E-state index contributed by atoms with van der Waals surface area (Å²) >= 11 is 0. The fraction of sp³-hybridized carbons (Fsp3) is 0.571. The first-order valence-corrected chi connectivity index (χ1v) is 6.94. The summed E-state index contributed by atoms with van der Waals surface area (Å²) in [5.41, 5.74) is 8.24. The lowest BCUT2D eigenvalue weighted by atomic mass is 9.95. The maximum absolute atomic E-state index is 6.05. The van der Waals surface area contributed by atoms with Gasteiger partial charge in [-0.1, -0.05) is 0 Å². The van der Waals surface area contributed by atoms with Gasteiger partial charge in [0.05, 0.1) is 30.0 Å². The zero-order chi connectivity index (χ0) is 13.5. The molecule has 0 saturated heterocycles. The number of rotatable bonds is 5. The molecular formula is C14H21N5. The molecule has 0 amide bonds. The van der Waals surface area contributed by atoms with Gasteiger partial charge in [0.2, 0.25) is 0 Å².